The minimum Gasteiger partial charge on any atom is -0.405 e. The van der Waals surface area contributed by atoms with Gasteiger partial charge in [-0.05, 0) is 6.08 Å². The summed E-state index contributed by atoms with van der Waals surface area (Å²) >= 11 is 0. The molecule has 1 aliphatic rings. The molecule has 7 N–H and O–H groups in total. The maximum absolute atomic E-state index is 12.1. The third-order valence-corrected chi connectivity index (χ3v) is 7.33. The number of rotatable bonds is 9. The summed E-state index contributed by atoms with van der Waals surface area (Å²) in [6.45, 7) is 3.28. The SMILES string of the molecule is C=CC=C(OP(=O)(O)OP(=O)(O)OP(=O)(O)O)[C@H]1O[C@@H](n2ccc(=O)[nH]c2=O)[C@H](O)[C@@H]1O. The van der Waals surface area contributed by atoms with Gasteiger partial charge in [0.25, 0.3) is 5.56 Å². The molecular weight excluding hydrogens is 505 g/mol. The van der Waals surface area contributed by atoms with Crippen LogP contribution in [0.3, 0.4) is 0 Å². The molecule has 2 rings (SSSR count). The number of aliphatic hydroxyl groups excluding tert-OH is 2. The second-order valence-electron chi connectivity index (χ2n) is 5.93. The van der Waals surface area contributed by atoms with Crippen LogP contribution in [0.1, 0.15) is 6.23 Å². The van der Waals surface area contributed by atoms with Crippen LogP contribution in [0.4, 0.5) is 0 Å². The lowest BCUT2D eigenvalue weighted by molar-refractivity contribution is -0.0387. The Balaban J connectivity index is 2.29. The highest BCUT2D eigenvalue weighted by atomic mass is 31.3. The Morgan fingerprint density at radius 3 is 2.25 bits per heavy atom. The number of aromatic nitrogens is 2. The lowest BCUT2D eigenvalue weighted by atomic mass is 10.1. The fraction of sp³-hybridized carbons (Fsp3) is 0.333. The summed E-state index contributed by atoms with van der Waals surface area (Å²) in [5, 5.41) is 20.5. The number of phosphoric ester groups is 1. The van der Waals surface area contributed by atoms with Crippen molar-refractivity contribution in [2.45, 2.75) is 24.5 Å². The monoisotopic (exact) mass is 522 g/mol. The molecule has 1 fully saturated rings. The number of H-pyrrole nitrogens is 1. The largest absolute Gasteiger partial charge is 0.536 e. The molecule has 17 nitrogen and oxygen atoms in total. The predicted octanol–water partition coefficient (Wildman–Crippen LogP) is -1.43. The zero-order valence-electron chi connectivity index (χ0n) is 15.5. The molecular formula is C12H17N2O15P3. The van der Waals surface area contributed by atoms with E-state index in [1.165, 1.54) is 0 Å². The highest BCUT2D eigenvalue weighted by molar-refractivity contribution is 7.66. The molecule has 0 amide bonds. The van der Waals surface area contributed by atoms with Crippen LogP contribution in [0.25, 0.3) is 0 Å². The molecule has 0 saturated carbocycles. The molecule has 32 heavy (non-hydrogen) atoms. The zero-order chi connectivity index (χ0) is 24.5. The molecule has 0 spiro atoms. The molecule has 0 aliphatic carbocycles. The quantitative estimate of drug-likeness (QED) is 0.111. The first-order chi connectivity index (χ1) is 14.6. The first kappa shape index (κ1) is 26.5. The van der Waals surface area contributed by atoms with Crippen LogP contribution in [-0.2, 0) is 31.6 Å². The van der Waals surface area contributed by atoms with Crippen LogP contribution in [-0.4, -0.2) is 57.6 Å². The van der Waals surface area contributed by atoms with Gasteiger partial charge in [0.15, 0.2) is 6.23 Å². The van der Waals surface area contributed by atoms with Gasteiger partial charge in [-0.3, -0.25) is 19.2 Å². The highest BCUT2D eigenvalue weighted by Gasteiger charge is 2.49. The highest BCUT2D eigenvalue weighted by Crippen LogP contribution is 2.67. The number of allylic oxidation sites excluding steroid dienone is 2. The molecule has 0 radical (unpaired) electrons. The Kier molecular flexibility index (Phi) is 8.00. The van der Waals surface area contributed by atoms with Crippen molar-refractivity contribution in [1.29, 1.82) is 0 Å². The van der Waals surface area contributed by atoms with E-state index in [0.29, 0.717) is 4.57 Å². The van der Waals surface area contributed by atoms with E-state index in [1.54, 1.807) is 0 Å². The van der Waals surface area contributed by atoms with E-state index in [1.807, 2.05) is 4.98 Å². The maximum atomic E-state index is 12.1. The molecule has 2 unspecified atom stereocenters. The van der Waals surface area contributed by atoms with Crippen molar-refractivity contribution in [3.8, 4) is 0 Å². The third kappa shape index (κ3) is 6.89. The van der Waals surface area contributed by atoms with Crippen LogP contribution in [0.2, 0.25) is 0 Å². The number of hydrogen-bond donors (Lipinski definition) is 7. The molecule has 1 aromatic heterocycles. The Hall–Kier alpha value is -1.71. The van der Waals surface area contributed by atoms with Crippen molar-refractivity contribution in [3.63, 3.8) is 0 Å². The smallest absolute Gasteiger partial charge is 0.405 e. The van der Waals surface area contributed by atoms with Gasteiger partial charge in [0.1, 0.15) is 24.1 Å². The molecule has 180 valence electrons. The van der Waals surface area contributed by atoms with Gasteiger partial charge < -0.3 is 34.2 Å². The maximum Gasteiger partial charge on any atom is 0.536 e. The molecule has 6 atom stereocenters. The van der Waals surface area contributed by atoms with Crippen molar-refractivity contribution < 1.29 is 61.4 Å². The second-order valence-corrected chi connectivity index (χ2v) is 10.3. The van der Waals surface area contributed by atoms with Gasteiger partial charge in [0.05, 0.1) is 0 Å². The predicted molar refractivity (Wildman–Crippen MR) is 100 cm³/mol. The molecule has 0 bridgehead atoms. The first-order valence-electron chi connectivity index (χ1n) is 8.04. The lowest BCUT2D eigenvalue weighted by Gasteiger charge is -2.22. The van der Waals surface area contributed by atoms with E-state index in [4.69, 9.17) is 14.5 Å². The number of aliphatic hydroxyl groups is 2. The van der Waals surface area contributed by atoms with E-state index < -0.39 is 65.0 Å². The van der Waals surface area contributed by atoms with Crippen LogP contribution >= 0.6 is 23.5 Å². The van der Waals surface area contributed by atoms with E-state index in [9.17, 15) is 43.3 Å². The summed E-state index contributed by atoms with van der Waals surface area (Å²) in [7, 11) is -17.1. The van der Waals surface area contributed by atoms with E-state index in [-0.39, 0.29) is 0 Å². The normalized spacial score (nSPS) is 28.0. The Bertz CT molecular complexity index is 1150. The molecule has 1 aromatic rings. The van der Waals surface area contributed by atoms with Gasteiger partial charge in [0.2, 0.25) is 0 Å². The summed E-state index contributed by atoms with van der Waals surface area (Å²) in [6.07, 6.45) is -4.49. The molecule has 1 aliphatic heterocycles. The van der Waals surface area contributed by atoms with Gasteiger partial charge in [-0.25, -0.2) is 18.5 Å². The summed E-state index contributed by atoms with van der Waals surface area (Å²) in [5.41, 5.74) is -1.80. The molecule has 20 heteroatoms. The number of nitrogens with zero attached hydrogens (tertiary/aromatic N) is 1. The molecule has 0 aromatic carbocycles. The Morgan fingerprint density at radius 1 is 1.09 bits per heavy atom. The van der Waals surface area contributed by atoms with E-state index in [2.05, 4.69) is 19.7 Å². The Morgan fingerprint density at radius 2 is 1.72 bits per heavy atom. The van der Waals surface area contributed by atoms with Crippen molar-refractivity contribution >= 4 is 23.5 Å². The summed E-state index contributed by atoms with van der Waals surface area (Å²) in [6, 6.07) is 0.906. The summed E-state index contributed by atoms with van der Waals surface area (Å²) in [4.78, 5) is 61.0. The Labute approximate surface area is 177 Å². The van der Waals surface area contributed by atoms with Gasteiger partial charge in [-0.2, -0.15) is 8.62 Å². The van der Waals surface area contributed by atoms with Crippen molar-refractivity contribution in [1.82, 2.24) is 9.55 Å². The third-order valence-electron chi connectivity index (χ3n) is 3.56. The minimum absolute atomic E-state index is 0.686. The lowest BCUT2D eigenvalue weighted by Crippen LogP contribution is -2.37. The number of aromatic amines is 1. The first-order valence-corrected chi connectivity index (χ1v) is 12.6. The van der Waals surface area contributed by atoms with Gasteiger partial charge in [-0.15, -0.1) is 0 Å². The molecule has 1 saturated heterocycles. The topological polar surface area (TPSA) is 264 Å². The van der Waals surface area contributed by atoms with Crippen LogP contribution < -0.4 is 11.2 Å². The minimum atomic E-state index is -5.83. The van der Waals surface area contributed by atoms with Gasteiger partial charge >= 0.3 is 29.2 Å². The van der Waals surface area contributed by atoms with Crippen LogP contribution in [0.15, 0.2) is 46.3 Å². The number of ether oxygens (including phenoxy) is 1. The number of phosphoric acid groups is 3. The summed E-state index contributed by atoms with van der Waals surface area (Å²) in [5.74, 6) is -0.812. The standard InChI is InChI=1S/C12H17N2O15P3/c1-2-3-6(27-31(22,23)29-32(24,25)28-30(19,20)21)10-8(16)9(17)11(26-10)14-5-4-7(15)13-12(14)18/h2-5,8-11,16-17H,1H2,(H,22,23)(H,24,25)(H,13,15,18)(H2,19,20,21)/t8-,9+,10+,11+/m0/s1. The molecule has 2 heterocycles. The van der Waals surface area contributed by atoms with Gasteiger partial charge in [0, 0.05) is 12.3 Å². The van der Waals surface area contributed by atoms with Crippen LogP contribution in [0.5, 0.6) is 0 Å². The summed E-state index contributed by atoms with van der Waals surface area (Å²) < 4.78 is 51.9. The van der Waals surface area contributed by atoms with Crippen molar-refractivity contribution in [2.24, 2.45) is 0 Å². The van der Waals surface area contributed by atoms with Gasteiger partial charge in [-0.1, -0.05) is 12.7 Å². The fourth-order valence-electron chi connectivity index (χ4n) is 2.48. The van der Waals surface area contributed by atoms with Crippen LogP contribution in [0, 0.1) is 0 Å². The second kappa shape index (κ2) is 9.65. The van der Waals surface area contributed by atoms with E-state index in [0.717, 1.165) is 24.4 Å². The number of nitrogens with one attached hydrogen (secondary N) is 1. The zero-order valence-corrected chi connectivity index (χ0v) is 18.2. The van der Waals surface area contributed by atoms with E-state index >= 15 is 0 Å². The average molecular weight is 522 g/mol. The van der Waals surface area contributed by atoms with Crippen molar-refractivity contribution in [3.05, 3.63) is 57.6 Å². The number of hydrogen-bond acceptors (Lipinski definition) is 11. The average Bonchev–Trinajstić information content (AvgIpc) is 2.86. The fourth-order valence-corrected chi connectivity index (χ4v) is 5.55. The van der Waals surface area contributed by atoms with Crippen molar-refractivity contribution in [2.75, 3.05) is 0 Å².